The molecule has 0 aromatic heterocycles. The Morgan fingerprint density at radius 3 is 2.50 bits per heavy atom. The molecule has 0 bridgehead atoms. The highest BCUT2D eigenvalue weighted by Crippen LogP contribution is 2.13. The van der Waals surface area contributed by atoms with Crippen molar-refractivity contribution in [2.45, 2.75) is 32.7 Å². The van der Waals surface area contributed by atoms with Crippen molar-refractivity contribution in [3.63, 3.8) is 0 Å². The van der Waals surface area contributed by atoms with E-state index in [4.69, 9.17) is 9.84 Å². The van der Waals surface area contributed by atoms with Crippen LogP contribution in [0, 0.1) is 11.8 Å². The minimum Gasteiger partial charge on any atom is -0.481 e. The van der Waals surface area contributed by atoms with E-state index in [0.717, 1.165) is 26.1 Å². The van der Waals surface area contributed by atoms with Crippen molar-refractivity contribution < 1.29 is 19.4 Å². The van der Waals surface area contributed by atoms with Crippen molar-refractivity contribution in [2.75, 3.05) is 19.8 Å². The smallest absolute Gasteiger partial charge is 0.315 e. The van der Waals surface area contributed by atoms with Gasteiger partial charge in [-0.3, -0.25) is 4.79 Å². The summed E-state index contributed by atoms with van der Waals surface area (Å²) in [6.07, 6.45) is 1.92. The van der Waals surface area contributed by atoms with E-state index in [9.17, 15) is 9.59 Å². The van der Waals surface area contributed by atoms with Crippen LogP contribution in [0.25, 0.3) is 0 Å². The molecule has 1 saturated heterocycles. The first-order chi connectivity index (χ1) is 8.50. The zero-order valence-electron chi connectivity index (χ0n) is 10.9. The van der Waals surface area contributed by atoms with Crippen molar-refractivity contribution in [3.05, 3.63) is 0 Å². The van der Waals surface area contributed by atoms with Gasteiger partial charge in [0.05, 0.1) is 5.92 Å². The van der Waals surface area contributed by atoms with Gasteiger partial charge < -0.3 is 20.5 Å². The van der Waals surface area contributed by atoms with Crippen LogP contribution in [0.3, 0.4) is 0 Å². The molecule has 6 nitrogen and oxygen atoms in total. The number of nitrogens with one attached hydrogen (secondary N) is 2. The maximum absolute atomic E-state index is 11.6. The average Bonchev–Trinajstić information content (AvgIpc) is 2.36. The number of rotatable bonds is 5. The summed E-state index contributed by atoms with van der Waals surface area (Å²) in [6.45, 7) is 5.38. The van der Waals surface area contributed by atoms with Gasteiger partial charge in [-0.05, 0) is 32.6 Å². The summed E-state index contributed by atoms with van der Waals surface area (Å²) in [5.41, 5.74) is 0. The Balaban J connectivity index is 2.22. The van der Waals surface area contributed by atoms with Gasteiger partial charge in [0.15, 0.2) is 0 Å². The Morgan fingerprint density at radius 2 is 1.94 bits per heavy atom. The summed E-state index contributed by atoms with van der Waals surface area (Å²) in [4.78, 5) is 22.3. The average molecular weight is 258 g/mol. The van der Waals surface area contributed by atoms with Crippen molar-refractivity contribution >= 4 is 12.0 Å². The van der Waals surface area contributed by atoms with E-state index < -0.39 is 17.9 Å². The van der Waals surface area contributed by atoms with Crippen molar-refractivity contribution in [3.8, 4) is 0 Å². The molecular formula is C12H22N2O4. The minimum absolute atomic E-state index is 0.304. The van der Waals surface area contributed by atoms with Crippen LogP contribution < -0.4 is 10.6 Å². The molecule has 1 aliphatic heterocycles. The Hall–Kier alpha value is -1.30. The molecule has 1 heterocycles. The number of amides is 2. The summed E-state index contributed by atoms with van der Waals surface area (Å²) in [7, 11) is 0. The highest BCUT2D eigenvalue weighted by Gasteiger charge is 2.21. The number of carbonyl (C=O) groups is 2. The number of urea groups is 1. The number of carboxylic acids is 1. The van der Waals surface area contributed by atoms with Gasteiger partial charge in [0.1, 0.15) is 0 Å². The van der Waals surface area contributed by atoms with E-state index in [1.807, 2.05) is 0 Å². The minimum atomic E-state index is -0.910. The first kappa shape index (κ1) is 14.8. The van der Waals surface area contributed by atoms with Crippen molar-refractivity contribution in [1.82, 2.24) is 10.6 Å². The Morgan fingerprint density at radius 1 is 1.33 bits per heavy atom. The predicted octanol–water partition coefficient (Wildman–Crippen LogP) is 0.821. The van der Waals surface area contributed by atoms with E-state index in [1.54, 1.807) is 13.8 Å². The molecule has 0 aromatic carbocycles. The molecule has 6 heteroatoms. The van der Waals surface area contributed by atoms with Crippen LogP contribution in [0.1, 0.15) is 26.7 Å². The van der Waals surface area contributed by atoms with Gasteiger partial charge in [-0.2, -0.15) is 0 Å². The molecule has 0 aliphatic carbocycles. The van der Waals surface area contributed by atoms with E-state index in [2.05, 4.69) is 10.6 Å². The normalized spacial score (nSPS) is 19.9. The van der Waals surface area contributed by atoms with Crippen molar-refractivity contribution in [1.29, 1.82) is 0 Å². The molecule has 1 rings (SSSR count). The van der Waals surface area contributed by atoms with Gasteiger partial charge in [-0.1, -0.05) is 0 Å². The van der Waals surface area contributed by atoms with Crippen LogP contribution in [-0.4, -0.2) is 42.9 Å². The van der Waals surface area contributed by atoms with Gasteiger partial charge in [0.2, 0.25) is 0 Å². The Kier molecular flexibility index (Phi) is 5.91. The lowest BCUT2D eigenvalue weighted by Crippen LogP contribution is -2.46. The molecule has 104 valence electrons. The number of aliphatic carboxylic acids is 1. The third-order valence-electron chi connectivity index (χ3n) is 3.39. The molecule has 0 saturated carbocycles. The SMILES string of the molecule is CC(NC(=O)NCC1CCOCC1)C(C)C(=O)O. The van der Waals surface area contributed by atoms with E-state index in [0.29, 0.717) is 12.5 Å². The fourth-order valence-electron chi connectivity index (χ4n) is 1.78. The largest absolute Gasteiger partial charge is 0.481 e. The van der Waals surface area contributed by atoms with Gasteiger partial charge in [-0.15, -0.1) is 0 Å². The quantitative estimate of drug-likeness (QED) is 0.681. The molecular weight excluding hydrogens is 236 g/mol. The van der Waals surface area contributed by atoms with Crippen LogP contribution in [0.15, 0.2) is 0 Å². The lowest BCUT2D eigenvalue weighted by molar-refractivity contribution is -0.141. The van der Waals surface area contributed by atoms with Crippen molar-refractivity contribution in [2.24, 2.45) is 11.8 Å². The van der Waals surface area contributed by atoms with Gasteiger partial charge in [0, 0.05) is 25.8 Å². The standard InChI is InChI=1S/C12H22N2O4/c1-8(11(15)16)9(2)14-12(17)13-7-10-3-5-18-6-4-10/h8-10H,3-7H2,1-2H3,(H,15,16)(H2,13,14,17). The zero-order chi connectivity index (χ0) is 13.5. The fraction of sp³-hybridized carbons (Fsp3) is 0.833. The topological polar surface area (TPSA) is 87.7 Å². The lowest BCUT2D eigenvalue weighted by Gasteiger charge is -2.23. The number of carboxylic acid groups (broad SMARTS) is 1. The number of hydrogen-bond donors (Lipinski definition) is 3. The maximum Gasteiger partial charge on any atom is 0.315 e. The molecule has 2 amide bonds. The second-order valence-electron chi connectivity index (χ2n) is 4.83. The summed E-state index contributed by atoms with van der Waals surface area (Å²) >= 11 is 0. The third kappa shape index (κ3) is 4.91. The molecule has 1 aliphatic rings. The second-order valence-corrected chi connectivity index (χ2v) is 4.83. The highest BCUT2D eigenvalue weighted by atomic mass is 16.5. The zero-order valence-corrected chi connectivity index (χ0v) is 10.9. The molecule has 0 aromatic rings. The molecule has 3 N–H and O–H groups in total. The van der Waals surface area contributed by atoms with E-state index in [-0.39, 0.29) is 6.03 Å². The van der Waals surface area contributed by atoms with Crippen LogP contribution in [0.4, 0.5) is 4.79 Å². The first-order valence-electron chi connectivity index (χ1n) is 6.35. The number of carbonyl (C=O) groups excluding carboxylic acids is 1. The van der Waals surface area contributed by atoms with Gasteiger partial charge in [0.25, 0.3) is 0 Å². The third-order valence-corrected chi connectivity index (χ3v) is 3.39. The second kappa shape index (κ2) is 7.20. The van der Waals surface area contributed by atoms with Crippen LogP contribution in [0.5, 0.6) is 0 Å². The summed E-state index contributed by atoms with van der Waals surface area (Å²) < 4.78 is 5.24. The van der Waals surface area contributed by atoms with Crippen LogP contribution in [-0.2, 0) is 9.53 Å². The molecule has 2 atom stereocenters. The van der Waals surface area contributed by atoms with E-state index in [1.165, 1.54) is 0 Å². The Bertz CT molecular complexity index is 290. The molecule has 0 radical (unpaired) electrons. The molecule has 0 spiro atoms. The van der Waals surface area contributed by atoms with Gasteiger partial charge >= 0.3 is 12.0 Å². The van der Waals surface area contributed by atoms with Gasteiger partial charge in [-0.25, -0.2) is 4.79 Å². The number of ether oxygens (including phenoxy) is 1. The van der Waals surface area contributed by atoms with Crippen LogP contribution >= 0.6 is 0 Å². The monoisotopic (exact) mass is 258 g/mol. The first-order valence-corrected chi connectivity index (χ1v) is 6.35. The molecule has 18 heavy (non-hydrogen) atoms. The summed E-state index contributed by atoms with van der Waals surface area (Å²) in [5.74, 6) is -1.05. The lowest BCUT2D eigenvalue weighted by atomic mass is 10.0. The van der Waals surface area contributed by atoms with Crippen LogP contribution in [0.2, 0.25) is 0 Å². The maximum atomic E-state index is 11.6. The summed E-state index contributed by atoms with van der Waals surface area (Å²) in [5, 5.41) is 14.2. The predicted molar refractivity (Wildman–Crippen MR) is 66.3 cm³/mol. The molecule has 2 unspecified atom stereocenters. The van der Waals surface area contributed by atoms with E-state index >= 15 is 0 Å². The fourth-order valence-corrected chi connectivity index (χ4v) is 1.78. The highest BCUT2D eigenvalue weighted by molar-refractivity contribution is 5.76. The summed E-state index contributed by atoms with van der Waals surface area (Å²) in [6, 6.07) is -0.695. The Labute approximate surface area is 107 Å². The molecule has 1 fully saturated rings. The number of hydrogen-bond acceptors (Lipinski definition) is 3.